The normalized spacial score (nSPS) is 35.8. The summed E-state index contributed by atoms with van der Waals surface area (Å²) in [6.45, 7) is 1.35. The molecule has 1 aromatic carbocycles. The second kappa shape index (κ2) is 5.48. The van der Waals surface area contributed by atoms with Gasteiger partial charge in [-0.15, -0.1) is 0 Å². The Morgan fingerprint density at radius 2 is 1.64 bits per heavy atom. The van der Waals surface area contributed by atoms with Gasteiger partial charge in [-0.2, -0.15) is 0 Å². The molecule has 3 amide bonds. The number of urea groups is 1. The molecule has 1 aliphatic heterocycles. The molecular weight excluding hydrogens is 314 g/mol. The fraction of sp³-hybridized carbons (Fsp3) is 0.600. The Morgan fingerprint density at radius 1 is 1.04 bits per heavy atom. The van der Waals surface area contributed by atoms with E-state index in [-0.39, 0.29) is 17.5 Å². The number of benzene rings is 1. The van der Waals surface area contributed by atoms with E-state index < -0.39 is 0 Å². The van der Waals surface area contributed by atoms with Gasteiger partial charge in [0.15, 0.2) is 0 Å². The molecule has 5 nitrogen and oxygen atoms in total. The quantitative estimate of drug-likeness (QED) is 0.889. The number of amides is 3. The fourth-order valence-electron chi connectivity index (χ4n) is 6.09. The van der Waals surface area contributed by atoms with E-state index in [0.717, 1.165) is 42.7 Å². The lowest BCUT2D eigenvalue weighted by molar-refractivity contribution is -0.0167. The molecule has 0 spiro atoms. The summed E-state index contributed by atoms with van der Waals surface area (Å²) < 4.78 is 0. The molecule has 0 unspecified atom stereocenters. The molecule has 132 valence electrons. The predicted octanol–water partition coefficient (Wildman–Crippen LogP) is 2.91. The van der Waals surface area contributed by atoms with E-state index in [4.69, 9.17) is 0 Å². The van der Waals surface area contributed by atoms with E-state index in [0.29, 0.717) is 18.7 Å². The smallest absolute Gasteiger partial charge is 0.321 e. The number of carbonyl (C=O) groups is 2. The Hall–Kier alpha value is -2.04. The third kappa shape index (κ3) is 2.60. The maximum absolute atomic E-state index is 12.8. The second-order valence-electron chi connectivity index (χ2n) is 8.58. The van der Waals surface area contributed by atoms with Crippen LogP contribution in [0, 0.1) is 17.8 Å². The van der Waals surface area contributed by atoms with Crippen LogP contribution >= 0.6 is 0 Å². The highest BCUT2D eigenvalue weighted by Gasteiger charge is 2.51. The molecule has 5 aliphatic rings. The Labute approximate surface area is 148 Å². The Kier molecular flexibility index (Phi) is 3.34. The number of hydrogen-bond donors (Lipinski definition) is 2. The van der Waals surface area contributed by atoms with Crippen molar-refractivity contribution in [3.63, 3.8) is 0 Å². The number of nitrogens with one attached hydrogen (secondary N) is 2. The standard InChI is InChI=1S/C20H25N3O2/c24-18(16-1-3-17(4-2-16)23-6-5-21-19(23)25)22-20-10-13-7-14(11-20)9-15(8-13)12-20/h1-4,13-15H,5-12H2,(H,21,25)(H,22,24). The average Bonchev–Trinajstić information content (AvgIpc) is 2.99. The van der Waals surface area contributed by atoms with Gasteiger partial charge < -0.3 is 10.6 Å². The maximum atomic E-state index is 12.8. The van der Waals surface area contributed by atoms with Crippen LogP contribution in [0.25, 0.3) is 0 Å². The highest BCUT2D eigenvalue weighted by Crippen LogP contribution is 2.55. The van der Waals surface area contributed by atoms with Crippen molar-refractivity contribution in [1.82, 2.24) is 10.6 Å². The molecule has 4 saturated carbocycles. The fourth-order valence-corrected chi connectivity index (χ4v) is 6.09. The van der Waals surface area contributed by atoms with Crippen molar-refractivity contribution in [2.75, 3.05) is 18.0 Å². The molecule has 0 atom stereocenters. The van der Waals surface area contributed by atoms with Gasteiger partial charge in [0, 0.05) is 29.9 Å². The average molecular weight is 339 g/mol. The molecule has 5 heteroatoms. The van der Waals surface area contributed by atoms with Crippen molar-refractivity contribution in [2.45, 2.75) is 44.1 Å². The number of carbonyl (C=O) groups excluding carboxylic acids is 2. The number of hydrogen-bond acceptors (Lipinski definition) is 2. The van der Waals surface area contributed by atoms with Crippen LogP contribution in [0.5, 0.6) is 0 Å². The van der Waals surface area contributed by atoms with Crippen molar-refractivity contribution < 1.29 is 9.59 Å². The van der Waals surface area contributed by atoms with Gasteiger partial charge >= 0.3 is 6.03 Å². The van der Waals surface area contributed by atoms with Crippen molar-refractivity contribution in [3.8, 4) is 0 Å². The molecule has 1 saturated heterocycles. The monoisotopic (exact) mass is 339 g/mol. The van der Waals surface area contributed by atoms with E-state index in [1.807, 2.05) is 24.3 Å². The third-order valence-electron chi connectivity index (χ3n) is 6.71. The van der Waals surface area contributed by atoms with Crippen LogP contribution < -0.4 is 15.5 Å². The molecule has 5 fully saturated rings. The minimum absolute atomic E-state index is 0.0410. The summed E-state index contributed by atoms with van der Waals surface area (Å²) in [4.78, 5) is 26.3. The topological polar surface area (TPSA) is 61.4 Å². The largest absolute Gasteiger partial charge is 0.347 e. The lowest BCUT2D eigenvalue weighted by Gasteiger charge is -2.56. The van der Waals surface area contributed by atoms with Crippen molar-refractivity contribution >= 4 is 17.6 Å². The zero-order valence-electron chi connectivity index (χ0n) is 14.5. The van der Waals surface area contributed by atoms with Crippen LogP contribution in [0.4, 0.5) is 10.5 Å². The molecule has 25 heavy (non-hydrogen) atoms. The lowest BCUT2D eigenvalue weighted by atomic mass is 9.53. The van der Waals surface area contributed by atoms with Crippen molar-refractivity contribution in [3.05, 3.63) is 29.8 Å². The summed E-state index contributed by atoms with van der Waals surface area (Å²) >= 11 is 0. The molecule has 1 aromatic rings. The van der Waals surface area contributed by atoms with Crippen LogP contribution in [0.3, 0.4) is 0 Å². The zero-order valence-corrected chi connectivity index (χ0v) is 14.5. The van der Waals surface area contributed by atoms with E-state index >= 15 is 0 Å². The van der Waals surface area contributed by atoms with Gasteiger partial charge in [-0.05, 0) is 80.5 Å². The number of nitrogens with zero attached hydrogens (tertiary/aromatic N) is 1. The Balaban J connectivity index is 1.31. The first-order valence-corrected chi connectivity index (χ1v) is 9.58. The van der Waals surface area contributed by atoms with Crippen LogP contribution in [0.15, 0.2) is 24.3 Å². The molecule has 4 aliphatic carbocycles. The molecule has 2 N–H and O–H groups in total. The predicted molar refractivity (Wildman–Crippen MR) is 95.6 cm³/mol. The van der Waals surface area contributed by atoms with Gasteiger partial charge in [-0.25, -0.2) is 4.79 Å². The van der Waals surface area contributed by atoms with E-state index in [9.17, 15) is 9.59 Å². The number of rotatable bonds is 3. The molecule has 1 heterocycles. The highest BCUT2D eigenvalue weighted by molar-refractivity contribution is 5.97. The van der Waals surface area contributed by atoms with E-state index in [2.05, 4.69) is 10.6 Å². The van der Waals surface area contributed by atoms with Crippen LogP contribution in [-0.4, -0.2) is 30.6 Å². The van der Waals surface area contributed by atoms with Crippen LogP contribution in [0.2, 0.25) is 0 Å². The van der Waals surface area contributed by atoms with Gasteiger partial charge in [-0.1, -0.05) is 0 Å². The molecule has 0 aromatic heterocycles. The van der Waals surface area contributed by atoms with Gasteiger partial charge in [0.1, 0.15) is 0 Å². The number of anilines is 1. The zero-order chi connectivity index (χ0) is 17.0. The first-order valence-electron chi connectivity index (χ1n) is 9.58. The molecule has 4 bridgehead atoms. The molecule has 6 rings (SSSR count). The summed E-state index contributed by atoms with van der Waals surface area (Å²) in [5.74, 6) is 2.51. The first-order chi connectivity index (χ1) is 12.1. The first kappa shape index (κ1) is 15.2. The minimum Gasteiger partial charge on any atom is -0.347 e. The Bertz CT molecular complexity index is 677. The van der Waals surface area contributed by atoms with Crippen LogP contribution in [0.1, 0.15) is 48.9 Å². The van der Waals surface area contributed by atoms with Gasteiger partial charge in [-0.3, -0.25) is 9.69 Å². The summed E-state index contributed by atoms with van der Waals surface area (Å²) in [6.07, 6.45) is 7.62. The van der Waals surface area contributed by atoms with E-state index in [1.165, 1.54) is 19.3 Å². The molecule has 0 radical (unpaired) electrons. The van der Waals surface area contributed by atoms with Crippen molar-refractivity contribution in [1.29, 1.82) is 0 Å². The lowest BCUT2D eigenvalue weighted by Crippen LogP contribution is -2.59. The minimum atomic E-state index is -0.0641. The second-order valence-corrected chi connectivity index (χ2v) is 8.58. The summed E-state index contributed by atoms with van der Waals surface area (Å²) in [6, 6.07) is 7.37. The van der Waals surface area contributed by atoms with Crippen molar-refractivity contribution in [2.24, 2.45) is 17.8 Å². The summed E-state index contributed by atoms with van der Waals surface area (Å²) in [5, 5.41) is 6.21. The van der Waals surface area contributed by atoms with Crippen LogP contribution in [-0.2, 0) is 0 Å². The Morgan fingerprint density at radius 3 is 2.16 bits per heavy atom. The highest BCUT2D eigenvalue weighted by atomic mass is 16.2. The summed E-state index contributed by atoms with van der Waals surface area (Å²) in [5.41, 5.74) is 1.58. The van der Waals surface area contributed by atoms with Gasteiger partial charge in [0.25, 0.3) is 5.91 Å². The SMILES string of the molecule is O=C(NC12CC3CC(CC(C3)C1)C2)c1ccc(N2CCNC2=O)cc1. The molecular formula is C20H25N3O2. The summed E-state index contributed by atoms with van der Waals surface area (Å²) in [7, 11) is 0. The maximum Gasteiger partial charge on any atom is 0.321 e. The third-order valence-corrected chi connectivity index (χ3v) is 6.71. The van der Waals surface area contributed by atoms with E-state index in [1.54, 1.807) is 4.90 Å². The van der Waals surface area contributed by atoms with Gasteiger partial charge in [0.05, 0.1) is 0 Å². The van der Waals surface area contributed by atoms with Gasteiger partial charge in [0.2, 0.25) is 0 Å².